The molecule has 5 nitrogen and oxygen atoms in total. The third-order valence-corrected chi connectivity index (χ3v) is 4.24. The van der Waals surface area contributed by atoms with Gasteiger partial charge < -0.3 is 4.74 Å². The second kappa shape index (κ2) is 6.84. The Morgan fingerprint density at radius 3 is 2.58 bits per heavy atom. The molecule has 124 valence electrons. The number of ether oxygens (including phenoxy) is 1. The van der Waals surface area contributed by atoms with Gasteiger partial charge in [0.15, 0.2) is 0 Å². The second-order valence-corrected chi connectivity index (χ2v) is 5.89. The summed E-state index contributed by atoms with van der Waals surface area (Å²) >= 11 is 0. The molecule has 5 heteroatoms. The minimum Gasteiger partial charge on any atom is -0.497 e. The SMILES string of the molecule is COc1cccc(N2C(=O)C[C@H](N(C)Cc3ccccc3)C2=O)c1. The van der Waals surface area contributed by atoms with Gasteiger partial charge in [-0.25, -0.2) is 4.90 Å². The Morgan fingerprint density at radius 2 is 1.88 bits per heavy atom. The third-order valence-electron chi connectivity index (χ3n) is 4.24. The molecule has 0 radical (unpaired) electrons. The highest BCUT2D eigenvalue weighted by Crippen LogP contribution is 2.28. The molecule has 0 spiro atoms. The molecule has 2 amide bonds. The highest BCUT2D eigenvalue weighted by Gasteiger charge is 2.41. The Kier molecular flexibility index (Phi) is 4.62. The van der Waals surface area contributed by atoms with Gasteiger partial charge in [-0.2, -0.15) is 0 Å². The van der Waals surface area contributed by atoms with Crippen molar-refractivity contribution < 1.29 is 14.3 Å². The van der Waals surface area contributed by atoms with Crippen LogP contribution >= 0.6 is 0 Å². The summed E-state index contributed by atoms with van der Waals surface area (Å²) < 4.78 is 5.18. The van der Waals surface area contributed by atoms with Crippen molar-refractivity contribution in [2.75, 3.05) is 19.1 Å². The third kappa shape index (κ3) is 3.16. The van der Waals surface area contributed by atoms with E-state index in [0.29, 0.717) is 18.0 Å². The van der Waals surface area contributed by atoms with Gasteiger partial charge in [0, 0.05) is 12.6 Å². The molecule has 0 bridgehead atoms. The lowest BCUT2D eigenvalue weighted by Gasteiger charge is -2.23. The zero-order valence-electron chi connectivity index (χ0n) is 13.8. The maximum absolute atomic E-state index is 12.8. The Hall–Kier alpha value is -2.66. The average Bonchev–Trinajstić information content (AvgIpc) is 2.90. The van der Waals surface area contributed by atoms with Crippen molar-refractivity contribution in [3.8, 4) is 5.75 Å². The van der Waals surface area contributed by atoms with Gasteiger partial charge in [-0.1, -0.05) is 36.4 Å². The zero-order valence-corrected chi connectivity index (χ0v) is 13.8. The predicted octanol–water partition coefficient (Wildman–Crippen LogP) is 2.46. The number of hydrogen-bond donors (Lipinski definition) is 0. The summed E-state index contributed by atoms with van der Waals surface area (Å²) in [6.45, 7) is 0.622. The minimum absolute atomic E-state index is 0.182. The number of carbonyl (C=O) groups is 2. The van der Waals surface area contributed by atoms with Crippen molar-refractivity contribution in [1.29, 1.82) is 0 Å². The summed E-state index contributed by atoms with van der Waals surface area (Å²) in [5, 5.41) is 0. The van der Waals surface area contributed by atoms with E-state index < -0.39 is 6.04 Å². The molecule has 0 N–H and O–H groups in total. The fourth-order valence-electron chi connectivity index (χ4n) is 2.96. The van der Waals surface area contributed by atoms with Crippen LogP contribution in [-0.2, 0) is 16.1 Å². The lowest BCUT2D eigenvalue weighted by Crippen LogP contribution is -2.39. The lowest BCUT2D eigenvalue weighted by molar-refractivity contribution is -0.122. The molecule has 0 aliphatic carbocycles. The number of imide groups is 1. The van der Waals surface area contributed by atoms with Gasteiger partial charge in [0.05, 0.1) is 25.3 Å². The number of rotatable bonds is 5. The number of nitrogens with zero attached hydrogens (tertiary/aromatic N) is 2. The Bertz CT molecular complexity index is 745. The maximum atomic E-state index is 12.8. The molecule has 1 heterocycles. The minimum atomic E-state index is -0.441. The smallest absolute Gasteiger partial charge is 0.251 e. The predicted molar refractivity (Wildman–Crippen MR) is 91.8 cm³/mol. The molecule has 2 aromatic rings. The zero-order chi connectivity index (χ0) is 17.1. The van der Waals surface area contributed by atoms with Crippen LogP contribution in [0.2, 0.25) is 0 Å². The monoisotopic (exact) mass is 324 g/mol. The largest absolute Gasteiger partial charge is 0.497 e. The standard InChI is InChI=1S/C19H20N2O3/c1-20(13-14-7-4-3-5-8-14)17-12-18(22)21(19(17)23)15-9-6-10-16(11-15)24-2/h3-11,17H,12-13H2,1-2H3/t17-/m0/s1. The van der Waals surface area contributed by atoms with Crippen molar-refractivity contribution in [1.82, 2.24) is 4.90 Å². The summed E-state index contributed by atoms with van der Waals surface area (Å²) in [4.78, 5) is 28.3. The highest BCUT2D eigenvalue weighted by atomic mass is 16.5. The first-order valence-corrected chi connectivity index (χ1v) is 7.85. The number of carbonyl (C=O) groups excluding carboxylic acids is 2. The topological polar surface area (TPSA) is 49.9 Å². The van der Waals surface area contributed by atoms with Crippen LogP contribution in [0.3, 0.4) is 0 Å². The molecule has 1 aliphatic heterocycles. The molecule has 1 fully saturated rings. The van der Waals surface area contributed by atoms with Gasteiger partial charge in [0.2, 0.25) is 5.91 Å². The molecule has 24 heavy (non-hydrogen) atoms. The molecule has 0 unspecified atom stereocenters. The summed E-state index contributed by atoms with van der Waals surface area (Å²) in [6, 6.07) is 16.5. The first-order chi connectivity index (χ1) is 11.6. The molecule has 0 aromatic heterocycles. The van der Waals surface area contributed by atoms with Crippen LogP contribution in [0.25, 0.3) is 0 Å². The van der Waals surface area contributed by atoms with Crippen LogP contribution in [0.5, 0.6) is 5.75 Å². The highest BCUT2D eigenvalue weighted by molar-refractivity contribution is 6.22. The number of amides is 2. The number of benzene rings is 2. The number of hydrogen-bond acceptors (Lipinski definition) is 4. The van der Waals surface area contributed by atoms with Crippen molar-refractivity contribution in [3.63, 3.8) is 0 Å². The van der Waals surface area contributed by atoms with Gasteiger partial charge in [0.1, 0.15) is 5.75 Å². The van der Waals surface area contributed by atoms with Crippen molar-refractivity contribution in [2.45, 2.75) is 19.0 Å². The van der Waals surface area contributed by atoms with Crippen LogP contribution in [0.15, 0.2) is 54.6 Å². The quantitative estimate of drug-likeness (QED) is 0.793. The molecule has 1 saturated heterocycles. The van der Waals surface area contributed by atoms with Crippen LogP contribution in [0, 0.1) is 0 Å². The molecule has 1 aliphatic rings. The van der Waals surface area contributed by atoms with Crippen molar-refractivity contribution >= 4 is 17.5 Å². The Labute approximate surface area is 141 Å². The molecule has 2 aromatic carbocycles. The first kappa shape index (κ1) is 16.2. The Morgan fingerprint density at radius 1 is 1.12 bits per heavy atom. The van der Waals surface area contributed by atoms with Crippen molar-refractivity contribution in [3.05, 3.63) is 60.2 Å². The van der Waals surface area contributed by atoms with Crippen LogP contribution in [0.1, 0.15) is 12.0 Å². The normalized spacial score (nSPS) is 17.6. The van der Waals surface area contributed by atoms with Gasteiger partial charge in [-0.05, 0) is 24.7 Å². The molecular formula is C19H20N2O3. The summed E-state index contributed by atoms with van der Waals surface area (Å²) in [7, 11) is 3.43. The van der Waals surface area contributed by atoms with E-state index in [2.05, 4.69) is 0 Å². The van der Waals surface area contributed by atoms with Gasteiger partial charge in [0.25, 0.3) is 5.91 Å². The van der Waals surface area contributed by atoms with E-state index in [-0.39, 0.29) is 18.2 Å². The van der Waals surface area contributed by atoms with E-state index in [9.17, 15) is 9.59 Å². The van der Waals surface area contributed by atoms with Gasteiger partial charge >= 0.3 is 0 Å². The maximum Gasteiger partial charge on any atom is 0.251 e. The van der Waals surface area contributed by atoms with E-state index in [1.165, 1.54) is 4.90 Å². The lowest BCUT2D eigenvalue weighted by atomic mass is 10.1. The van der Waals surface area contributed by atoms with Crippen LogP contribution in [-0.4, -0.2) is 36.9 Å². The Balaban J connectivity index is 1.78. The van der Waals surface area contributed by atoms with Gasteiger partial charge in [-0.3, -0.25) is 14.5 Å². The summed E-state index contributed by atoms with van der Waals surface area (Å²) in [6.07, 6.45) is 0.194. The van der Waals surface area contributed by atoms with E-state index >= 15 is 0 Å². The average molecular weight is 324 g/mol. The molecule has 0 saturated carbocycles. The molecular weight excluding hydrogens is 304 g/mol. The van der Waals surface area contributed by atoms with E-state index in [0.717, 1.165) is 5.56 Å². The first-order valence-electron chi connectivity index (χ1n) is 7.85. The summed E-state index contributed by atoms with van der Waals surface area (Å²) in [5.74, 6) is 0.249. The number of methoxy groups -OCH3 is 1. The van der Waals surface area contributed by atoms with E-state index in [1.54, 1.807) is 31.4 Å². The van der Waals surface area contributed by atoms with E-state index in [4.69, 9.17) is 4.74 Å². The number of anilines is 1. The fraction of sp³-hybridized carbons (Fsp3) is 0.263. The van der Waals surface area contributed by atoms with E-state index in [1.807, 2.05) is 42.3 Å². The molecule has 1 atom stereocenters. The summed E-state index contributed by atoms with van der Waals surface area (Å²) in [5.41, 5.74) is 1.67. The fourth-order valence-corrected chi connectivity index (χ4v) is 2.96. The van der Waals surface area contributed by atoms with Crippen LogP contribution < -0.4 is 9.64 Å². The van der Waals surface area contributed by atoms with Crippen LogP contribution in [0.4, 0.5) is 5.69 Å². The second-order valence-electron chi connectivity index (χ2n) is 5.89. The molecule has 3 rings (SSSR count). The van der Waals surface area contributed by atoms with Gasteiger partial charge in [-0.15, -0.1) is 0 Å². The number of likely N-dealkylation sites (N-methyl/N-ethyl adjacent to an activating group) is 1. The van der Waals surface area contributed by atoms with Crippen molar-refractivity contribution in [2.24, 2.45) is 0 Å².